The number of likely N-dealkylation sites (N-methyl/N-ethyl adjacent to an activating group) is 1. The van der Waals surface area contributed by atoms with Crippen LogP contribution in [-0.4, -0.2) is 53.0 Å². The number of rotatable bonds is 5. The number of carbonyl (C=O) groups is 2. The van der Waals surface area contributed by atoms with Gasteiger partial charge in [-0.05, 0) is 44.0 Å². The molecule has 6 heteroatoms. The van der Waals surface area contributed by atoms with Crippen LogP contribution in [0.1, 0.15) is 24.8 Å². The van der Waals surface area contributed by atoms with Gasteiger partial charge in [0.1, 0.15) is 6.54 Å². The first-order valence-corrected chi connectivity index (χ1v) is 7.80. The number of benzene rings is 1. The molecule has 1 aliphatic rings. The number of halogens is 1. The monoisotopic (exact) mass is 324 g/mol. The van der Waals surface area contributed by atoms with Crippen LogP contribution in [-0.2, 0) is 16.1 Å². The first kappa shape index (κ1) is 16.8. The zero-order chi connectivity index (χ0) is 16.1. The topological polar surface area (TPSA) is 60.9 Å². The summed E-state index contributed by atoms with van der Waals surface area (Å²) in [5.41, 5.74) is 1.04. The Morgan fingerprint density at radius 3 is 2.91 bits per heavy atom. The zero-order valence-corrected chi connectivity index (χ0v) is 13.4. The number of carboxylic acid groups (broad SMARTS) is 1. The Balaban J connectivity index is 2.07. The minimum absolute atomic E-state index is 0.0931. The molecule has 0 aromatic heterocycles. The maximum Gasteiger partial charge on any atom is 0.323 e. The summed E-state index contributed by atoms with van der Waals surface area (Å²) in [6.45, 7) is 0.908. The van der Waals surface area contributed by atoms with Crippen molar-refractivity contribution in [1.29, 1.82) is 0 Å². The van der Waals surface area contributed by atoms with Crippen LogP contribution in [0.3, 0.4) is 0 Å². The Bertz CT molecular complexity index is 550. The first-order chi connectivity index (χ1) is 10.5. The standard InChI is InChI=1S/C16H21ClN2O3/c1-18(10-12-5-4-6-13(17)9-12)14-7-2-3-8-19(16(14)22)11-15(20)21/h4-6,9,14H,2-3,7-8,10-11H2,1H3,(H,20,21). The van der Waals surface area contributed by atoms with Crippen LogP contribution in [0, 0.1) is 0 Å². The van der Waals surface area contributed by atoms with Gasteiger partial charge in [-0.1, -0.05) is 23.7 Å². The lowest BCUT2D eigenvalue weighted by Crippen LogP contribution is -2.47. The molecule has 0 radical (unpaired) electrons. The van der Waals surface area contributed by atoms with Crippen molar-refractivity contribution in [2.75, 3.05) is 20.1 Å². The SMILES string of the molecule is CN(Cc1cccc(Cl)c1)C1CCCCN(CC(=O)O)C1=O. The fourth-order valence-corrected chi connectivity index (χ4v) is 3.06. The summed E-state index contributed by atoms with van der Waals surface area (Å²) < 4.78 is 0. The molecule has 5 nitrogen and oxygen atoms in total. The molecule has 1 unspecified atom stereocenters. The van der Waals surface area contributed by atoms with E-state index in [0.29, 0.717) is 18.1 Å². The molecule has 1 N–H and O–H groups in total. The fraction of sp³-hybridized carbons (Fsp3) is 0.500. The second-order valence-electron chi connectivity index (χ2n) is 5.71. The number of carbonyl (C=O) groups excluding carboxylic acids is 1. The van der Waals surface area contributed by atoms with E-state index >= 15 is 0 Å². The molecule has 1 aromatic carbocycles. The van der Waals surface area contributed by atoms with E-state index in [1.54, 1.807) is 0 Å². The van der Waals surface area contributed by atoms with Gasteiger partial charge >= 0.3 is 5.97 Å². The van der Waals surface area contributed by atoms with E-state index in [1.807, 2.05) is 36.2 Å². The molecule has 0 bridgehead atoms. The summed E-state index contributed by atoms with van der Waals surface area (Å²) in [4.78, 5) is 26.9. The van der Waals surface area contributed by atoms with E-state index in [0.717, 1.165) is 24.8 Å². The van der Waals surface area contributed by atoms with Crippen LogP contribution in [0.5, 0.6) is 0 Å². The van der Waals surface area contributed by atoms with Gasteiger partial charge in [-0.15, -0.1) is 0 Å². The van der Waals surface area contributed by atoms with E-state index in [4.69, 9.17) is 16.7 Å². The van der Waals surface area contributed by atoms with Gasteiger partial charge in [0, 0.05) is 18.1 Å². The van der Waals surface area contributed by atoms with Crippen molar-refractivity contribution in [3.05, 3.63) is 34.9 Å². The quantitative estimate of drug-likeness (QED) is 0.902. The Kier molecular flexibility index (Phi) is 5.80. The Labute approximate surface area is 135 Å². The van der Waals surface area contributed by atoms with Crippen molar-refractivity contribution in [2.45, 2.75) is 31.8 Å². The highest BCUT2D eigenvalue weighted by Crippen LogP contribution is 2.19. The smallest absolute Gasteiger partial charge is 0.323 e. The Hall–Kier alpha value is -1.59. The second-order valence-corrected chi connectivity index (χ2v) is 6.15. The second kappa shape index (κ2) is 7.61. The van der Waals surface area contributed by atoms with E-state index < -0.39 is 5.97 Å². The van der Waals surface area contributed by atoms with Gasteiger partial charge in [0.25, 0.3) is 0 Å². The van der Waals surface area contributed by atoms with Gasteiger partial charge in [-0.25, -0.2) is 0 Å². The lowest BCUT2D eigenvalue weighted by molar-refractivity contribution is -0.146. The van der Waals surface area contributed by atoms with Gasteiger partial charge in [0.2, 0.25) is 5.91 Å². The Morgan fingerprint density at radius 1 is 1.45 bits per heavy atom. The average molecular weight is 325 g/mol. The number of likely N-dealkylation sites (tertiary alicyclic amines) is 1. The number of amides is 1. The third-order valence-electron chi connectivity index (χ3n) is 3.93. The highest BCUT2D eigenvalue weighted by molar-refractivity contribution is 6.30. The van der Waals surface area contributed by atoms with Crippen LogP contribution >= 0.6 is 11.6 Å². The summed E-state index contributed by atoms with van der Waals surface area (Å²) in [5.74, 6) is -1.06. The minimum Gasteiger partial charge on any atom is -0.480 e. The molecule has 1 heterocycles. The number of aliphatic carboxylic acids is 1. The molecule has 1 atom stereocenters. The summed E-state index contributed by atoms with van der Waals surface area (Å²) in [6.07, 6.45) is 2.53. The summed E-state index contributed by atoms with van der Waals surface area (Å²) in [5, 5.41) is 9.62. The number of hydrogen-bond donors (Lipinski definition) is 1. The largest absolute Gasteiger partial charge is 0.480 e. The van der Waals surface area contributed by atoms with Crippen LogP contribution in [0.2, 0.25) is 5.02 Å². The van der Waals surface area contributed by atoms with Gasteiger partial charge in [0.05, 0.1) is 6.04 Å². The van der Waals surface area contributed by atoms with Gasteiger partial charge in [-0.2, -0.15) is 0 Å². The van der Waals surface area contributed by atoms with E-state index in [9.17, 15) is 9.59 Å². The molecule has 2 rings (SSSR count). The van der Waals surface area contributed by atoms with Crippen LogP contribution in [0.4, 0.5) is 0 Å². The molecule has 0 spiro atoms. The van der Waals surface area contributed by atoms with E-state index in [1.165, 1.54) is 4.90 Å². The molecule has 0 aliphatic carbocycles. The molecule has 1 amide bonds. The van der Waals surface area contributed by atoms with Crippen molar-refractivity contribution in [1.82, 2.24) is 9.80 Å². The highest BCUT2D eigenvalue weighted by Gasteiger charge is 2.30. The Morgan fingerprint density at radius 2 is 2.23 bits per heavy atom. The van der Waals surface area contributed by atoms with Crippen molar-refractivity contribution >= 4 is 23.5 Å². The molecule has 0 saturated carbocycles. The van der Waals surface area contributed by atoms with Crippen molar-refractivity contribution in [2.24, 2.45) is 0 Å². The molecule has 1 saturated heterocycles. The molecule has 120 valence electrons. The molecular formula is C16H21ClN2O3. The zero-order valence-electron chi connectivity index (χ0n) is 12.7. The van der Waals surface area contributed by atoms with E-state index in [2.05, 4.69) is 0 Å². The van der Waals surface area contributed by atoms with Crippen molar-refractivity contribution < 1.29 is 14.7 Å². The van der Waals surface area contributed by atoms with Crippen molar-refractivity contribution in [3.63, 3.8) is 0 Å². The van der Waals surface area contributed by atoms with Gasteiger partial charge in [0.15, 0.2) is 0 Å². The number of carboxylic acids is 1. The maximum absolute atomic E-state index is 12.6. The lowest BCUT2D eigenvalue weighted by atomic mass is 10.1. The summed E-state index contributed by atoms with van der Waals surface area (Å²) in [7, 11) is 1.90. The molecule has 1 aliphatic heterocycles. The summed E-state index contributed by atoms with van der Waals surface area (Å²) >= 11 is 5.99. The van der Waals surface area contributed by atoms with Crippen LogP contribution < -0.4 is 0 Å². The fourth-order valence-electron chi connectivity index (χ4n) is 2.85. The third kappa shape index (κ3) is 4.45. The lowest BCUT2D eigenvalue weighted by Gasteiger charge is -2.29. The normalized spacial score (nSPS) is 19.3. The van der Waals surface area contributed by atoms with Gasteiger partial charge in [-0.3, -0.25) is 14.5 Å². The third-order valence-corrected chi connectivity index (χ3v) is 4.17. The van der Waals surface area contributed by atoms with Crippen LogP contribution in [0.25, 0.3) is 0 Å². The van der Waals surface area contributed by atoms with Crippen LogP contribution in [0.15, 0.2) is 24.3 Å². The highest BCUT2D eigenvalue weighted by atomic mass is 35.5. The number of nitrogens with zero attached hydrogens (tertiary/aromatic N) is 2. The average Bonchev–Trinajstić information content (AvgIpc) is 2.61. The molecule has 1 fully saturated rings. The van der Waals surface area contributed by atoms with Crippen molar-refractivity contribution in [3.8, 4) is 0 Å². The predicted octanol–water partition coefficient (Wildman–Crippen LogP) is 2.24. The molecular weight excluding hydrogens is 304 g/mol. The minimum atomic E-state index is -0.966. The molecule has 22 heavy (non-hydrogen) atoms. The summed E-state index contributed by atoms with van der Waals surface area (Å²) in [6, 6.07) is 7.28. The molecule has 1 aromatic rings. The van der Waals surface area contributed by atoms with Gasteiger partial charge < -0.3 is 10.0 Å². The van der Waals surface area contributed by atoms with E-state index in [-0.39, 0.29) is 18.5 Å². The first-order valence-electron chi connectivity index (χ1n) is 7.42. The number of hydrogen-bond acceptors (Lipinski definition) is 3. The predicted molar refractivity (Wildman–Crippen MR) is 84.8 cm³/mol. The maximum atomic E-state index is 12.6.